The van der Waals surface area contributed by atoms with Gasteiger partial charge >= 0.3 is 0 Å². The van der Waals surface area contributed by atoms with Gasteiger partial charge in [-0.1, -0.05) is 37.3 Å². The highest BCUT2D eigenvalue weighted by atomic mass is 16.5. The molecule has 3 heteroatoms. The van der Waals surface area contributed by atoms with E-state index in [0.717, 1.165) is 17.5 Å². The zero-order valence-corrected chi connectivity index (χ0v) is 11.9. The number of benzene rings is 2. The average Bonchev–Trinajstić information content (AvgIpc) is 2.53. The molecule has 0 saturated heterocycles. The summed E-state index contributed by atoms with van der Waals surface area (Å²) in [4.78, 5) is 0. The van der Waals surface area contributed by atoms with Gasteiger partial charge in [0.05, 0.1) is 13.7 Å². The Hall–Kier alpha value is -2.00. The largest absolute Gasteiger partial charge is 0.493 e. The highest BCUT2D eigenvalue weighted by Crippen LogP contribution is 2.28. The van der Waals surface area contributed by atoms with Crippen LogP contribution in [0.15, 0.2) is 42.5 Å². The van der Waals surface area contributed by atoms with Crippen LogP contribution in [-0.2, 0) is 19.6 Å². The molecular formula is C17H20O3. The van der Waals surface area contributed by atoms with Crippen LogP contribution in [0, 0.1) is 0 Å². The first kappa shape index (κ1) is 14.4. The molecule has 0 aliphatic rings. The Morgan fingerprint density at radius 3 is 2.15 bits per heavy atom. The fourth-order valence-electron chi connectivity index (χ4n) is 1.96. The molecule has 0 heterocycles. The molecule has 0 unspecified atom stereocenters. The van der Waals surface area contributed by atoms with E-state index in [-0.39, 0.29) is 6.61 Å². The first-order valence-electron chi connectivity index (χ1n) is 6.75. The maximum atomic E-state index is 9.11. The Balaban J connectivity index is 2.05. The third-order valence-electron chi connectivity index (χ3n) is 3.24. The standard InChI is InChI=1S/C17H20O3/c1-3-13-4-6-14(7-5-13)12-20-16-9-8-15(11-18)10-17(16)19-2/h4-10,18H,3,11-12H2,1-2H3. The van der Waals surface area contributed by atoms with Crippen LogP contribution in [-0.4, -0.2) is 12.2 Å². The van der Waals surface area contributed by atoms with E-state index in [9.17, 15) is 0 Å². The summed E-state index contributed by atoms with van der Waals surface area (Å²) < 4.78 is 11.1. The van der Waals surface area contributed by atoms with E-state index >= 15 is 0 Å². The van der Waals surface area contributed by atoms with E-state index in [0.29, 0.717) is 18.1 Å². The molecule has 0 saturated carbocycles. The number of hydrogen-bond acceptors (Lipinski definition) is 3. The van der Waals surface area contributed by atoms with Gasteiger partial charge in [-0.15, -0.1) is 0 Å². The predicted octanol–water partition coefficient (Wildman–Crippen LogP) is 3.33. The molecule has 0 aliphatic carbocycles. The molecule has 0 aliphatic heterocycles. The second-order valence-electron chi connectivity index (χ2n) is 4.60. The number of aliphatic hydroxyl groups is 1. The van der Waals surface area contributed by atoms with Crippen molar-refractivity contribution in [1.29, 1.82) is 0 Å². The third-order valence-corrected chi connectivity index (χ3v) is 3.24. The van der Waals surface area contributed by atoms with Gasteiger partial charge in [0.1, 0.15) is 6.61 Å². The first-order chi connectivity index (χ1) is 9.76. The lowest BCUT2D eigenvalue weighted by Gasteiger charge is -2.12. The highest BCUT2D eigenvalue weighted by Gasteiger charge is 2.06. The van der Waals surface area contributed by atoms with Crippen LogP contribution in [0.2, 0.25) is 0 Å². The Bertz CT molecular complexity index is 547. The molecule has 3 nitrogen and oxygen atoms in total. The van der Waals surface area contributed by atoms with Crippen molar-refractivity contribution < 1.29 is 14.6 Å². The zero-order chi connectivity index (χ0) is 14.4. The van der Waals surface area contributed by atoms with E-state index in [4.69, 9.17) is 14.6 Å². The molecule has 1 N–H and O–H groups in total. The summed E-state index contributed by atoms with van der Waals surface area (Å²) in [7, 11) is 1.60. The second-order valence-corrected chi connectivity index (χ2v) is 4.60. The number of hydrogen-bond donors (Lipinski definition) is 1. The van der Waals surface area contributed by atoms with Gasteiger partial charge in [-0.05, 0) is 35.2 Å². The van der Waals surface area contributed by atoms with Crippen molar-refractivity contribution in [2.45, 2.75) is 26.6 Å². The van der Waals surface area contributed by atoms with Gasteiger partial charge in [0.25, 0.3) is 0 Å². The van der Waals surface area contributed by atoms with Gasteiger partial charge in [-0.2, -0.15) is 0 Å². The van der Waals surface area contributed by atoms with Crippen molar-refractivity contribution in [2.24, 2.45) is 0 Å². The molecule has 20 heavy (non-hydrogen) atoms. The lowest BCUT2D eigenvalue weighted by molar-refractivity contribution is 0.274. The van der Waals surface area contributed by atoms with Crippen molar-refractivity contribution in [3.8, 4) is 11.5 Å². The van der Waals surface area contributed by atoms with Crippen LogP contribution in [0.5, 0.6) is 11.5 Å². The molecule has 0 aromatic heterocycles. The lowest BCUT2D eigenvalue weighted by Crippen LogP contribution is -1.98. The molecule has 2 rings (SSSR count). The summed E-state index contributed by atoms with van der Waals surface area (Å²) in [6.07, 6.45) is 1.04. The van der Waals surface area contributed by atoms with Gasteiger partial charge in [0.2, 0.25) is 0 Å². The first-order valence-corrected chi connectivity index (χ1v) is 6.75. The minimum Gasteiger partial charge on any atom is -0.493 e. The topological polar surface area (TPSA) is 38.7 Å². The van der Waals surface area contributed by atoms with E-state index < -0.39 is 0 Å². The number of aliphatic hydroxyl groups excluding tert-OH is 1. The molecule has 0 atom stereocenters. The van der Waals surface area contributed by atoms with Gasteiger partial charge < -0.3 is 14.6 Å². The molecule has 2 aromatic rings. The Morgan fingerprint density at radius 1 is 0.900 bits per heavy atom. The number of methoxy groups -OCH3 is 1. The van der Waals surface area contributed by atoms with Crippen molar-refractivity contribution in [2.75, 3.05) is 7.11 Å². The Kier molecular flexibility index (Phi) is 5.02. The second kappa shape index (κ2) is 6.96. The number of rotatable bonds is 6. The fraction of sp³-hybridized carbons (Fsp3) is 0.294. The predicted molar refractivity (Wildman–Crippen MR) is 79.1 cm³/mol. The normalized spacial score (nSPS) is 10.3. The Labute approximate surface area is 119 Å². The summed E-state index contributed by atoms with van der Waals surface area (Å²) in [5.41, 5.74) is 3.25. The van der Waals surface area contributed by atoms with Crippen LogP contribution in [0.25, 0.3) is 0 Å². The van der Waals surface area contributed by atoms with E-state index in [2.05, 4.69) is 31.2 Å². The quantitative estimate of drug-likeness (QED) is 0.876. The maximum Gasteiger partial charge on any atom is 0.161 e. The van der Waals surface area contributed by atoms with Crippen LogP contribution in [0.4, 0.5) is 0 Å². The molecule has 0 spiro atoms. The van der Waals surface area contributed by atoms with Crippen molar-refractivity contribution in [3.63, 3.8) is 0 Å². The van der Waals surface area contributed by atoms with Crippen LogP contribution < -0.4 is 9.47 Å². The monoisotopic (exact) mass is 272 g/mol. The van der Waals surface area contributed by atoms with Gasteiger partial charge in [0, 0.05) is 0 Å². The van der Waals surface area contributed by atoms with Gasteiger partial charge in [-0.3, -0.25) is 0 Å². The van der Waals surface area contributed by atoms with Crippen molar-refractivity contribution in [3.05, 3.63) is 59.2 Å². The molecular weight excluding hydrogens is 252 g/mol. The fourth-order valence-corrected chi connectivity index (χ4v) is 1.96. The summed E-state index contributed by atoms with van der Waals surface area (Å²) in [6.45, 7) is 2.63. The van der Waals surface area contributed by atoms with Gasteiger partial charge in [-0.25, -0.2) is 0 Å². The average molecular weight is 272 g/mol. The van der Waals surface area contributed by atoms with Crippen LogP contribution in [0.3, 0.4) is 0 Å². The van der Waals surface area contributed by atoms with Crippen molar-refractivity contribution in [1.82, 2.24) is 0 Å². The zero-order valence-electron chi connectivity index (χ0n) is 11.9. The molecule has 0 radical (unpaired) electrons. The number of ether oxygens (including phenoxy) is 2. The SMILES string of the molecule is CCc1ccc(COc2ccc(CO)cc2OC)cc1. The highest BCUT2D eigenvalue weighted by molar-refractivity contribution is 5.43. The molecule has 2 aromatic carbocycles. The van der Waals surface area contributed by atoms with E-state index in [1.54, 1.807) is 13.2 Å². The maximum absolute atomic E-state index is 9.11. The minimum absolute atomic E-state index is 0.00484. The summed E-state index contributed by atoms with van der Waals surface area (Å²) in [6, 6.07) is 13.8. The summed E-state index contributed by atoms with van der Waals surface area (Å²) in [5.74, 6) is 1.32. The van der Waals surface area contributed by atoms with Crippen LogP contribution in [0.1, 0.15) is 23.6 Å². The minimum atomic E-state index is -0.00484. The molecule has 0 bridgehead atoms. The molecule has 0 fully saturated rings. The summed E-state index contributed by atoms with van der Waals surface area (Å²) >= 11 is 0. The van der Waals surface area contributed by atoms with E-state index in [1.165, 1.54) is 5.56 Å². The van der Waals surface area contributed by atoms with Crippen LogP contribution >= 0.6 is 0 Å². The van der Waals surface area contributed by atoms with Crippen molar-refractivity contribution >= 4 is 0 Å². The molecule has 0 amide bonds. The smallest absolute Gasteiger partial charge is 0.161 e. The third kappa shape index (κ3) is 3.52. The van der Waals surface area contributed by atoms with Gasteiger partial charge in [0.15, 0.2) is 11.5 Å². The summed E-state index contributed by atoms with van der Waals surface area (Å²) in [5, 5.41) is 9.11. The molecule has 106 valence electrons. The number of aryl methyl sites for hydroxylation is 1. The lowest BCUT2D eigenvalue weighted by atomic mass is 10.1. The van der Waals surface area contributed by atoms with E-state index in [1.807, 2.05) is 12.1 Å². The Morgan fingerprint density at radius 2 is 1.55 bits per heavy atom.